The summed E-state index contributed by atoms with van der Waals surface area (Å²) in [5.74, 6) is 1.98. The summed E-state index contributed by atoms with van der Waals surface area (Å²) in [6.45, 7) is 25.2. The molecule has 10 rings (SSSR count). The van der Waals surface area contributed by atoms with Crippen LogP contribution in [0.2, 0.25) is 0 Å². The third-order valence-electron chi connectivity index (χ3n) is 13.6. The van der Waals surface area contributed by atoms with Gasteiger partial charge in [0.1, 0.15) is 5.82 Å². The monoisotopic (exact) mass is 1110 g/mol. The zero-order chi connectivity index (χ0) is 49.2. The molecule has 3 heterocycles. The molecular formula is C65H62N4OPt-2. The average molecular weight is 1110 g/mol. The minimum atomic E-state index is -0.292. The van der Waals surface area contributed by atoms with Gasteiger partial charge in [-0.15, -0.1) is 35.2 Å². The predicted molar refractivity (Wildman–Crippen MR) is 288 cm³/mol. The van der Waals surface area contributed by atoms with Gasteiger partial charge in [-0.25, -0.2) is 4.98 Å². The van der Waals surface area contributed by atoms with Gasteiger partial charge in [0.25, 0.3) is 6.33 Å². The van der Waals surface area contributed by atoms with Gasteiger partial charge in [-0.3, -0.25) is 4.57 Å². The number of ether oxygens (including phenoxy) is 1. The molecule has 3 aromatic heterocycles. The van der Waals surface area contributed by atoms with E-state index < -0.39 is 0 Å². The van der Waals surface area contributed by atoms with Gasteiger partial charge in [-0.1, -0.05) is 197 Å². The molecule has 10 aromatic rings. The molecule has 0 amide bonds. The van der Waals surface area contributed by atoms with Crippen LogP contribution in [0.1, 0.15) is 104 Å². The van der Waals surface area contributed by atoms with Gasteiger partial charge in [0.15, 0.2) is 0 Å². The summed E-state index contributed by atoms with van der Waals surface area (Å²) >= 11 is 0. The van der Waals surface area contributed by atoms with E-state index in [0.29, 0.717) is 11.5 Å². The summed E-state index contributed by atoms with van der Waals surface area (Å²) in [6.07, 6.45) is 5.86. The van der Waals surface area contributed by atoms with Crippen molar-refractivity contribution in [2.75, 3.05) is 0 Å². The number of para-hydroxylation sites is 1. The maximum absolute atomic E-state index is 6.99. The number of nitrogens with zero attached hydrogens (tertiary/aromatic N) is 4. The summed E-state index contributed by atoms with van der Waals surface area (Å²) in [5.41, 5.74) is 13.4. The molecule has 0 radical (unpaired) electrons. The molecule has 0 N–H and O–H groups in total. The number of hydrogen-bond donors (Lipinski definition) is 0. The van der Waals surface area contributed by atoms with Crippen molar-refractivity contribution in [3.05, 3.63) is 223 Å². The molecule has 0 bridgehead atoms. The van der Waals surface area contributed by atoms with E-state index in [9.17, 15) is 0 Å². The van der Waals surface area contributed by atoms with Crippen molar-refractivity contribution in [3.8, 4) is 50.9 Å². The van der Waals surface area contributed by atoms with Crippen LogP contribution >= 0.6 is 0 Å². The summed E-state index contributed by atoms with van der Waals surface area (Å²) in [7, 11) is 0. The molecule has 0 aliphatic heterocycles. The summed E-state index contributed by atoms with van der Waals surface area (Å²) in [5, 5.41) is 2.20. The maximum Gasteiger partial charge on any atom is 0.267 e. The first-order valence-corrected chi connectivity index (χ1v) is 24.5. The van der Waals surface area contributed by atoms with Crippen LogP contribution in [0.3, 0.4) is 0 Å². The first-order chi connectivity index (χ1) is 33.3. The van der Waals surface area contributed by atoms with Crippen molar-refractivity contribution in [3.63, 3.8) is 0 Å². The molecule has 0 aliphatic carbocycles. The number of hydrogen-bond acceptors (Lipinski definition) is 2. The number of benzene rings is 7. The molecule has 71 heavy (non-hydrogen) atoms. The van der Waals surface area contributed by atoms with Gasteiger partial charge >= 0.3 is 0 Å². The van der Waals surface area contributed by atoms with E-state index in [1.165, 1.54) is 33.5 Å². The zero-order valence-corrected chi connectivity index (χ0v) is 45.0. The van der Waals surface area contributed by atoms with Crippen LogP contribution in [-0.2, 0) is 42.7 Å². The zero-order valence-electron chi connectivity index (χ0n) is 42.8. The van der Waals surface area contributed by atoms with Gasteiger partial charge < -0.3 is 13.9 Å². The van der Waals surface area contributed by atoms with Crippen LogP contribution in [0.4, 0.5) is 0 Å². The van der Waals surface area contributed by atoms with Crippen LogP contribution in [0.25, 0.3) is 61.3 Å². The SMILES string of the molecule is CC(C)(C)c1cc(-c2ccccc2)cc(-[n+]2[c-]n(-c3[c-]c(Oc4[c-]c5c(cc4)c4ccccc4n5-c4cc(C(C)(C)c5ccccc5)ccn4)cc(-c4ccccc4)c3)c(C(C)(C)C)c2C(C)(C)C)c1.[Pt]. The molecule has 0 fully saturated rings. The second kappa shape index (κ2) is 18.7. The van der Waals surface area contributed by atoms with Crippen LogP contribution < -0.4 is 9.30 Å². The minimum Gasteiger partial charge on any atom is -0.510 e. The van der Waals surface area contributed by atoms with Crippen molar-refractivity contribution in [2.45, 2.75) is 97.8 Å². The standard InChI is InChI=1S/C65H62N4O.Pt/c1-62(2,3)50-35-46(44-23-15-12-16-24-44)36-51(39-50)67-43-68(61(64(7,8)9)60(67)63(4,5)6)52-37-47(45-25-17-13-18-26-45)38-54(41-52)70-53-31-32-56-55-29-21-22-30-57(55)69(58(56)42-53)59-40-49(33-34-66-59)65(10,11)48-27-19-14-20-28-48;/h12-40H,1-11H3;/q-2;. The second-order valence-electron chi connectivity index (χ2n) is 22.3. The Bertz CT molecular complexity index is 3530. The fourth-order valence-corrected chi connectivity index (χ4v) is 9.87. The van der Waals surface area contributed by atoms with E-state index in [-0.39, 0.29) is 42.7 Å². The number of pyridine rings is 1. The topological polar surface area (TPSA) is 35.9 Å². The molecule has 6 heteroatoms. The molecule has 0 unspecified atom stereocenters. The molecular weight excluding hydrogens is 1050 g/mol. The maximum atomic E-state index is 6.99. The van der Waals surface area contributed by atoms with Crippen molar-refractivity contribution >= 4 is 21.8 Å². The van der Waals surface area contributed by atoms with Gasteiger partial charge in [-0.05, 0) is 91.0 Å². The molecule has 360 valence electrons. The molecule has 0 atom stereocenters. The second-order valence-corrected chi connectivity index (χ2v) is 22.3. The smallest absolute Gasteiger partial charge is 0.267 e. The van der Waals surface area contributed by atoms with E-state index in [4.69, 9.17) is 9.72 Å². The Hall–Kier alpha value is -6.81. The largest absolute Gasteiger partial charge is 0.510 e. The minimum absolute atomic E-state index is 0. The number of imidazole rings is 1. The van der Waals surface area contributed by atoms with Crippen molar-refractivity contribution < 1.29 is 30.4 Å². The van der Waals surface area contributed by atoms with Crippen molar-refractivity contribution in [1.82, 2.24) is 14.1 Å². The molecule has 0 saturated carbocycles. The van der Waals surface area contributed by atoms with Crippen LogP contribution in [0, 0.1) is 18.5 Å². The quantitative estimate of drug-likeness (QED) is 0.107. The van der Waals surface area contributed by atoms with Gasteiger partial charge in [0.2, 0.25) is 0 Å². The van der Waals surface area contributed by atoms with Gasteiger partial charge in [-0.2, -0.15) is 12.1 Å². The molecule has 0 aliphatic rings. The molecule has 0 spiro atoms. The van der Waals surface area contributed by atoms with Crippen molar-refractivity contribution in [1.29, 1.82) is 0 Å². The Kier molecular flexibility index (Phi) is 13.0. The number of aromatic nitrogens is 4. The Morgan fingerprint density at radius 3 is 1.75 bits per heavy atom. The van der Waals surface area contributed by atoms with E-state index in [2.05, 4.69) is 272 Å². The fraction of sp³-hybridized carbons (Fsp3) is 0.231. The number of fused-ring (bicyclic) bond motifs is 3. The fourth-order valence-electron chi connectivity index (χ4n) is 9.87. The third kappa shape index (κ3) is 9.57. The van der Waals surface area contributed by atoms with Gasteiger partial charge in [0.05, 0.1) is 17.1 Å². The first-order valence-electron chi connectivity index (χ1n) is 24.5. The van der Waals surface area contributed by atoms with Gasteiger partial charge in [0, 0.05) is 49.7 Å². The Morgan fingerprint density at radius 1 is 0.493 bits per heavy atom. The predicted octanol–water partition coefficient (Wildman–Crippen LogP) is 16.0. The average Bonchev–Trinajstić information content (AvgIpc) is 3.93. The summed E-state index contributed by atoms with van der Waals surface area (Å²) in [4.78, 5) is 4.99. The molecule has 7 aromatic carbocycles. The Balaban J connectivity index is 0.00000624. The summed E-state index contributed by atoms with van der Waals surface area (Å²) in [6, 6.07) is 67.6. The van der Waals surface area contributed by atoms with Crippen molar-refractivity contribution in [2.24, 2.45) is 0 Å². The normalized spacial score (nSPS) is 12.3. The molecule has 5 nitrogen and oxygen atoms in total. The van der Waals surface area contributed by atoms with Crippen LogP contribution in [0.15, 0.2) is 176 Å². The Morgan fingerprint density at radius 2 is 1.11 bits per heavy atom. The summed E-state index contributed by atoms with van der Waals surface area (Å²) < 4.78 is 13.7. The molecule has 0 saturated heterocycles. The van der Waals surface area contributed by atoms with E-state index >= 15 is 0 Å². The van der Waals surface area contributed by atoms with E-state index in [1.54, 1.807) is 0 Å². The van der Waals surface area contributed by atoms with Crippen LogP contribution in [0.5, 0.6) is 11.5 Å². The van der Waals surface area contributed by atoms with Crippen LogP contribution in [-0.4, -0.2) is 14.1 Å². The van der Waals surface area contributed by atoms with E-state index in [1.807, 2.05) is 12.3 Å². The first kappa shape index (κ1) is 49.2. The number of rotatable bonds is 9. The van der Waals surface area contributed by atoms with E-state index in [0.717, 1.165) is 55.8 Å². The third-order valence-corrected chi connectivity index (χ3v) is 13.6. The Labute approximate surface area is 435 Å².